The molecule has 6 nitrogen and oxygen atoms in total. The molecule has 0 spiro atoms. The second-order valence-corrected chi connectivity index (χ2v) is 3.18. The summed E-state index contributed by atoms with van der Waals surface area (Å²) in [5, 5.41) is 19.8. The number of para-hydroxylation sites is 2. The van der Waals surface area contributed by atoms with Gasteiger partial charge in [0.1, 0.15) is 16.4 Å². The SMILES string of the molecule is O=[N+]([O-])c1ccc(C=Nc2ccccc2O)o1. The first-order valence-corrected chi connectivity index (χ1v) is 4.73. The maximum atomic E-state index is 10.4. The van der Waals surface area contributed by atoms with Crippen LogP contribution in [0, 0.1) is 10.1 Å². The number of furan rings is 1. The number of hydrogen-bond donors (Lipinski definition) is 1. The Morgan fingerprint density at radius 3 is 2.71 bits per heavy atom. The average molecular weight is 232 g/mol. The molecule has 1 N–H and O–H groups in total. The zero-order valence-corrected chi connectivity index (χ0v) is 8.61. The van der Waals surface area contributed by atoms with Crippen LogP contribution in [0.4, 0.5) is 11.6 Å². The van der Waals surface area contributed by atoms with Crippen LogP contribution in [0.25, 0.3) is 0 Å². The van der Waals surface area contributed by atoms with E-state index in [9.17, 15) is 15.2 Å². The van der Waals surface area contributed by atoms with Gasteiger partial charge in [0, 0.05) is 0 Å². The smallest absolute Gasteiger partial charge is 0.433 e. The van der Waals surface area contributed by atoms with Gasteiger partial charge in [-0.2, -0.15) is 0 Å². The van der Waals surface area contributed by atoms with Gasteiger partial charge in [-0.25, -0.2) is 4.99 Å². The van der Waals surface area contributed by atoms with E-state index in [1.165, 1.54) is 24.4 Å². The molecule has 17 heavy (non-hydrogen) atoms. The van der Waals surface area contributed by atoms with Crippen molar-refractivity contribution in [2.45, 2.75) is 0 Å². The van der Waals surface area contributed by atoms with Crippen LogP contribution in [0.2, 0.25) is 0 Å². The van der Waals surface area contributed by atoms with E-state index >= 15 is 0 Å². The van der Waals surface area contributed by atoms with Gasteiger partial charge in [0.05, 0.1) is 12.3 Å². The third kappa shape index (κ3) is 2.49. The van der Waals surface area contributed by atoms with E-state index in [0.717, 1.165) is 0 Å². The molecule has 6 heteroatoms. The summed E-state index contributed by atoms with van der Waals surface area (Å²) in [6, 6.07) is 9.18. The first kappa shape index (κ1) is 10.9. The summed E-state index contributed by atoms with van der Waals surface area (Å²) in [6.45, 7) is 0. The maximum Gasteiger partial charge on any atom is 0.433 e. The summed E-state index contributed by atoms with van der Waals surface area (Å²) in [5.41, 5.74) is 0.367. The number of hydrogen-bond acceptors (Lipinski definition) is 5. The van der Waals surface area contributed by atoms with E-state index in [1.807, 2.05) is 0 Å². The number of rotatable bonds is 3. The van der Waals surface area contributed by atoms with Crippen LogP contribution < -0.4 is 0 Å². The molecule has 2 rings (SSSR count). The first-order valence-electron chi connectivity index (χ1n) is 4.73. The number of nitro groups is 1. The van der Waals surface area contributed by atoms with Crippen LogP contribution in [0.15, 0.2) is 45.8 Å². The Morgan fingerprint density at radius 2 is 2.06 bits per heavy atom. The van der Waals surface area contributed by atoms with Crippen molar-refractivity contribution in [3.8, 4) is 5.75 Å². The molecule has 1 heterocycles. The van der Waals surface area contributed by atoms with Crippen LogP contribution in [0.5, 0.6) is 5.75 Å². The number of aliphatic imine (C=N–C) groups is 1. The third-order valence-electron chi connectivity index (χ3n) is 2.01. The van der Waals surface area contributed by atoms with Crippen molar-refractivity contribution in [3.05, 3.63) is 52.3 Å². The Morgan fingerprint density at radius 1 is 1.29 bits per heavy atom. The quantitative estimate of drug-likeness (QED) is 0.500. The molecule has 0 saturated carbocycles. The Balaban J connectivity index is 2.20. The first-order chi connectivity index (χ1) is 8.16. The van der Waals surface area contributed by atoms with E-state index < -0.39 is 4.92 Å². The molecule has 0 fully saturated rings. The van der Waals surface area contributed by atoms with Crippen molar-refractivity contribution < 1.29 is 14.4 Å². The summed E-state index contributed by atoms with van der Waals surface area (Å²) < 4.78 is 4.88. The standard InChI is InChI=1S/C11H8N2O4/c14-10-4-2-1-3-9(10)12-7-8-5-6-11(17-8)13(15)16/h1-7,14H. The molecule has 1 aromatic heterocycles. The minimum absolute atomic E-state index is 0.0322. The summed E-state index contributed by atoms with van der Waals surface area (Å²) in [4.78, 5) is 13.7. The molecule has 0 amide bonds. The van der Waals surface area contributed by atoms with Crippen molar-refractivity contribution in [3.63, 3.8) is 0 Å². The number of phenolic OH excluding ortho intramolecular Hbond substituents is 1. The Hall–Kier alpha value is -2.63. The van der Waals surface area contributed by atoms with Gasteiger partial charge in [-0.05, 0) is 18.2 Å². The summed E-state index contributed by atoms with van der Waals surface area (Å²) in [6.07, 6.45) is 1.31. The van der Waals surface area contributed by atoms with Gasteiger partial charge < -0.3 is 9.52 Å². The van der Waals surface area contributed by atoms with Crippen LogP contribution >= 0.6 is 0 Å². The van der Waals surface area contributed by atoms with Gasteiger partial charge in [0.2, 0.25) is 0 Å². The lowest BCUT2D eigenvalue weighted by Crippen LogP contribution is -1.83. The molecule has 86 valence electrons. The molecule has 0 aliphatic rings. The number of phenols is 1. The monoisotopic (exact) mass is 232 g/mol. The molecular weight excluding hydrogens is 224 g/mol. The molecule has 0 saturated heterocycles. The minimum atomic E-state index is -0.628. The van der Waals surface area contributed by atoms with Gasteiger partial charge in [-0.1, -0.05) is 12.1 Å². The van der Waals surface area contributed by atoms with E-state index in [1.54, 1.807) is 18.2 Å². The molecule has 0 bridgehead atoms. The predicted molar refractivity (Wildman–Crippen MR) is 60.7 cm³/mol. The van der Waals surface area contributed by atoms with Gasteiger partial charge >= 0.3 is 5.88 Å². The summed E-state index contributed by atoms with van der Waals surface area (Å²) in [7, 11) is 0. The Kier molecular flexibility index (Phi) is 2.87. The molecular formula is C11H8N2O4. The zero-order chi connectivity index (χ0) is 12.3. The molecule has 1 aromatic carbocycles. The predicted octanol–water partition coefficient (Wildman–Crippen LogP) is 2.64. The van der Waals surface area contributed by atoms with Crippen molar-refractivity contribution in [1.82, 2.24) is 0 Å². The lowest BCUT2D eigenvalue weighted by atomic mass is 10.3. The van der Waals surface area contributed by atoms with Gasteiger partial charge in [0.15, 0.2) is 5.76 Å². The van der Waals surface area contributed by atoms with Crippen LogP contribution in [-0.4, -0.2) is 16.2 Å². The van der Waals surface area contributed by atoms with E-state index in [0.29, 0.717) is 5.69 Å². The van der Waals surface area contributed by atoms with E-state index in [-0.39, 0.29) is 17.4 Å². The van der Waals surface area contributed by atoms with E-state index in [2.05, 4.69) is 4.99 Å². The zero-order valence-electron chi connectivity index (χ0n) is 8.61. The Bertz CT molecular complexity index is 574. The van der Waals surface area contributed by atoms with Crippen LogP contribution in [0.3, 0.4) is 0 Å². The van der Waals surface area contributed by atoms with E-state index in [4.69, 9.17) is 4.42 Å². The second kappa shape index (κ2) is 4.48. The van der Waals surface area contributed by atoms with Crippen molar-refractivity contribution >= 4 is 17.8 Å². The Labute approximate surface area is 96.0 Å². The lowest BCUT2D eigenvalue weighted by Gasteiger charge is -1.95. The molecule has 0 atom stereocenters. The third-order valence-corrected chi connectivity index (χ3v) is 2.01. The minimum Gasteiger partial charge on any atom is -0.506 e. The fraction of sp³-hybridized carbons (Fsp3) is 0. The largest absolute Gasteiger partial charge is 0.506 e. The summed E-state index contributed by atoms with van der Waals surface area (Å²) >= 11 is 0. The normalized spacial score (nSPS) is 10.8. The highest BCUT2D eigenvalue weighted by Gasteiger charge is 2.10. The topological polar surface area (TPSA) is 88.9 Å². The molecule has 0 radical (unpaired) electrons. The second-order valence-electron chi connectivity index (χ2n) is 3.18. The van der Waals surface area contributed by atoms with Crippen LogP contribution in [-0.2, 0) is 0 Å². The van der Waals surface area contributed by atoms with Crippen molar-refractivity contribution in [1.29, 1.82) is 0 Å². The fourth-order valence-corrected chi connectivity index (χ4v) is 1.22. The summed E-state index contributed by atoms with van der Waals surface area (Å²) in [5.74, 6) is -0.0616. The lowest BCUT2D eigenvalue weighted by molar-refractivity contribution is -0.402. The van der Waals surface area contributed by atoms with Crippen molar-refractivity contribution in [2.75, 3.05) is 0 Å². The van der Waals surface area contributed by atoms with Gasteiger partial charge in [-0.15, -0.1) is 0 Å². The molecule has 0 aliphatic heterocycles. The number of nitrogens with zero attached hydrogens (tertiary/aromatic N) is 2. The van der Waals surface area contributed by atoms with Gasteiger partial charge in [-0.3, -0.25) is 10.1 Å². The molecule has 2 aromatic rings. The highest BCUT2D eigenvalue weighted by Crippen LogP contribution is 2.25. The van der Waals surface area contributed by atoms with Crippen LogP contribution in [0.1, 0.15) is 5.76 Å². The highest BCUT2D eigenvalue weighted by atomic mass is 16.6. The molecule has 0 unspecified atom stereocenters. The number of benzene rings is 1. The maximum absolute atomic E-state index is 10.4. The molecule has 0 aliphatic carbocycles. The van der Waals surface area contributed by atoms with Crippen molar-refractivity contribution in [2.24, 2.45) is 4.99 Å². The fourth-order valence-electron chi connectivity index (χ4n) is 1.22. The van der Waals surface area contributed by atoms with Gasteiger partial charge in [0.25, 0.3) is 0 Å². The number of aromatic hydroxyl groups is 1. The highest BCUT2D eigenvalue weighted by molar-refractivity contribution is 5.79. The average Bonchev–Trinajstić information content (AvgIpc) is 2.77.